The molecule has 3 aromatic rings. The first-order valence-corrected chi connectivity index (χ1v) is 5.00. The van der Waals surface area contributed by atoms with Gasteiger partial charge in [0.05, 0.1) is 6.54 Å². The predicted molar refractivity (Wildman–Crippen MR) is 65.1 cm³/mol. The number of hydrogen-bond acceptors (Lipinski definition) is 4. The Balaban J connectivity index is 0.00000108. The van der Waals surface area contributed by atoms with Crippen LogP contribution in [0.25, 0.3) is 11.0 Å². The van der Waals surface area contributed by atoms with Crippen molar-refractivity contribution < 1.29 is 4.52 Å². The van der Waals surface area contributed by atoms with Crippen LogP contribution in [0.1, 0.15) is 11.3 Å². The van der Waals surface area contributed by atoms with Gasteiger partial charge in [0.15, 0.2) is 5.58 Å². The second-order valence-corrected chi connectivity index (χ2v) is 3.72. The smallest absolute Gasteiger partial charge is 0.167 e. The van der Waals surface area contributed by atoms with Crippen molar-refractivity contribution in [1.82, 2.24) is 19.9 Å². The van der Waals surface area contributed by atoms with Gasteiger partial charge in [0.2, 0.25) is 0 Å². The molecule has 0 saturated heterocycles. The maximum Gasteiger partial charge on any atom is 0.167 e. The Morgan fingerprint density at radius 2 is 2.24 bits per heavy atom. The van der Waals surface area contributed by atoms with Gasteiger partial charge in [-0.15, -0.1) is 12.4 Å². The first-order valence-electron chi connectivity index (χ1n) is 5.00. The minimum atomic E-state index is 0. The van der Waals surface area contributed by atoms with E-state index >= 15 is 0 Å². The van der Waals surface area contributed by atoms with E-state index in [1.54, 1.807) is 11.0 Å². The fourth-order valence-electron chi connectivity index (χ4n) is 1.68. The second-order valence-electron chi connectivity index (χ2n) is 3.72. The van der Waals surface area contributed by atoms with Gasteiger partial charge in [-0.1, -0.05) is 16.8 Å². The molecule has 0 aliphatic rings. The van der Waals surface area contributed by atoms with Gasteiger partial charge in [0.25, 0.3) is 0 Å². The van der Waals surface area contributed by atoms with E-state index in [2.05, 4.69) is 21.3 Å². The molecule has 17 heavy (non-hydrogen) atoms. The van der Waals surface area contributed by atoms with Crippen molar-refractivity contribution in [2.24, 2.45) is 0 Å². The molecular weight excluding hydrogens is 240 g/mol. The number of fused-ring (bicyclic) bond motifs is 1. The largest absolute Gasteiger partial charge is 0.356 e. The number of benzene rings is 1. The molecule has 2 aromatic heterocycles. The molecule has 88 valence electrons. The Morgan fingerprint density at radius 1 is 1.35 bits per heavy atom. The molecule has 2 heterocycles. The van der Waals surface area contributed by atoms with Crippen molar-refractivity contribution in [3.63, 3.8) is 0 Å². The maximum atomic E-state index is 5.24. The Hall–Kier alpha value is -1.88. The van der Waals surface area contributed by atoms with E-state index in [4.69, 9.17) is 4.52 Å². The van der Waals surface area contributed by atoms with Crippen LogP contribution in [-0.2, 0) is 6.54 Å². The van der Waals surface area contributed by atoms with E-state index < -0.39 is 0 Å². The molecule has 0 N–H and O–H groups in total. The lowest BCUT2D eigenvalue weighted by atomic mass is 10.1. The van der Waals surface area contributed by atoms with Crippen molar-refractivity contribution in [1.29, 1.82) is 0 Å². The monoisotopic (exact) mass is 250 g/mol. The van der Waals surface area contributed by atoms with Crippen LogP contribution in [0.15, 0.2) is 35.4 Å². The lowest BCUT2D eigenvalue weighted by Crippen LogP contribution is -2.00. The lowest BCUT2D eigenvalue weighted by molar-refractivity contribution is 0.440. The van der Waals surface area contributed by atoms with Crippen LogP contribution < -0.4 is 0 Å². The third kappa shape index (κ3) is 2.14. The molecule has 6 heteroatoms. The van der Waals surface area contributed by atoms with Crippen molar-refractivity contribution in [2.45, 2.75) is 13.5 Å². The SMILES string of the molecule is Cc1ccc2onc(Cn3cncn3)c2c1.Cl. The van der Waals surface area contributed by atoms with Crippen LogP contribution in [0.3, 0.4) is 0 Å². The summed E-state index contributed by atoms with van der Waals surface area (Å²) in [7, 11) is 0. The van der Waals surface area contributed by atoms with Crippen LogP contribution in [0, 0.1) is 6.92 Å². The minimum Gasteiger partial charge on any atom is -0.356 e. The molecule has 0 fully saturated rings. The Bertz CT molecular complexity index is 617. The Kier molecular flexibility index (Phi) is 3.10. The van der Waals surface area contributed by atoms with E-state index in [0.29, 0.717) is 6.54 Å². The molecule has 3 rings (SSSR count). The quantitative estimate of drug-likeness (QED) is 0.700. The minimum absolute atomic E-state index is 0. The maximum absolute atomic E-state index is 5.24. The highest BCUT2D eigenvalue weighted by Gasteiger charge is 2.08. The second kappa shape index (κ2) is 4.55. The van der Waals surface area contributed by atoms with Crippen LogP contribution in [-0.4, -0.2) is 19.9 Å². The van der Waals surface area contributed by atoms with Crippen molar-refractivity contribution >= 4 is 23.4 Å². The zero-order chi connectivity index (χ0) is 11.0. The van der Waals surface area contributed by atoms with E-state index in [-0.39, 0.29) is 12.4 Å². The summed E-state index contributed by atoms with van der Waals surface area (Å²) in [6, 6.07) is 6.01. The highest BCUT2D eigenvalue weighted by atomic mass is 35.5. The standard InChI is InChI=1S/C11H10N4O.ClH/c1-8-2-3-11-9(4-8)10(14-16-11)5-15-7-12-6-13-15;/h2-4,6-7H,5H2,1H3;1H. The van der Waals surface area contributed by atoms with Crippen LogP contribution >= 0.6 is 12.4 Å². The summed E-state index contributed by atoms with van der Waals surface area (Å²) in [6.07, 6.45) is 3.17. The van der Waals surface area contributed by atoms with Gasteiger partial charge in [-0.25, -0.2) is 9.67 Å². The van der Waals surface area contributed by atoms with Gasteiger partial charge >= 0.3 is 0 Å². The Morgan fingerprint density at radius 3 is 3.00 bits per heavy atom. The van der Waals surface area contributed by atoms with Gasteiger partial charge in [0, 0.05) is 5.39 Å². The third-order valence-electron chi connectivity index (χ3n) is 2.48. The first-order chi connectivity index (χ1) is 7.83. The molecular formula is C11H11ClN4O. The van der Waals surface area contributed by atoms with Crippen LogP contribution in [0.5, 0.6) is 0 Å². The zero-order valence-electron chi connectivity index (χ0n) is 9.20. The van der Waals surface area contributed by atoms with Crippen molar-refractivity contribution in [3.8, 4) is 0 Å². The molecule has 5 nitrogen and oxygen atoms in total. The summed E-state index contributed by atoms with van der Waals surface area (Å²) in [4.78, 5) is 3.89. The van der Waals surface area contributed by atoms with E-state index in [1.165, 1.54) is 11.9 Å². The lowest BCUT2D eigenvalue weighted by Gasteiger charge is -1.96. The normalized spacial score (nSPS) is 10.4. The summed E-state index contributed by atoms with van der Waals surface area (Å²) in [6.45, 7) is 2.63. The molecule has 1 aromatic carbocycles. The number of aromatic nitrogens is 4. The van der Waals surface area contributed by atoms with Gasteiger partial charge in [-0.05, 0) is 19.1 Å². The molecule has 0 spiro atoms. The average molecular weight is 251 g/mol. The fraction of sp³-hybridized carbons (Fsp3) is 0.182. The first kappa shape index (κ1) is 11.6. The van der Waals surface area contributed by atoms with E-state index in [9.17, 15) is 0 Å². The van der Waals surface area contributed by atoms with Crippen molar-refractivity contribution in [2.75, 3.05) is 0 Å². The molecule has 0 radical (unpaired) electrons. The van der Waals surface area contributed by atoms with Gasteiger partial charge in [0.1, 0.15) is 18.3 Å². The van der Waals surface area contributed by atoms with E-state index in [1.807, 2.05) is 19.1 Å². The highest BCUT2D eigenvalue weighted by Crippen LogP contribution is 2.20. The molecule has 0 aliphatic heterocycles. The van der Waals surface area contributed by atoms with Gasteiger partial charge < -0.3 is 4.52 Å². The molecule has 0 amide bonds. The topological polar surface area (TPSA) is 56.7 Å². The fourth-order valence-corrected chi connectivity index (χ4v) is 1.68. The molecule has 0 atom stereocenters. The summed E-state index contributed by atoms with van der Waals surface area (Å²) in [5.74, 6) is 0. The summed E-state index contributed by atoms with van der Waals surface area (Å²) in [5.41, 5.74) is 2.88. The number of rotatable bonds is 2. The summed E-state index contributed by atoms with van der Waals surface area (Å²) >= 11 is 0. The Labute approximate surface area is 104 Å². The van der Waals surface area contributed by atoms with Crippen LogP contribution in [0.4, 0.5) is 0 Å². The molecule has 0 unspecified atom stereocenters. The molecule has 0 saturated carbocycles. The molecule has 0 aliphatic carbocycles. The number of aryl methyl sites for hydroxylation is 1. The summed E-state index contributed by atoms with van der Waals surface area (Å²) < 4.78 is 6.96. The highest BCUT2D eigenvalue weighted by molar-refractivity contribution is 5.85. The number of halogens is 1. The zero-order valence-corrected chi connectivity index (χ0v) is 10.0. The van der Waals surface area contributed by atoms with Crippen LogP contribution in [0.2, 0.25) is 0 Å². The number of hydrogen-bond donors (Lipinski definition) is 0. The number of nitrogens with zero attached hydrogens (tertiary/aromatic N) is 4. The predicted octanol–water partition coefficient (Wildman–Crippen LogP) is 2.20. The van der Waals surface area contributed by atoms with Gasteiger partial charge in [-0.2, -0.15) is 5.10 Å². The van der Waals surface area contributed by atoms with E-state index in [0.717, 1.165) is 16.7 Å². The van der Waals surface area contributed by atoms with Crippen molar-refractivity contribution in [3.05, 3.63) is 42.1 Å². The average Bonchev–Trinajstić information content (AvgIpc) is 2.90. The third-order valence-corrected chi connectivity index (χ3v) is 2.48. The van der Waals surface area contributed by atoms with Gasteiger partial charge in [-0.3, -0.25) is 0 Å². The molecule has 0 bridgehead atoms. The summed E-state index contributed by atoms with van der Waals surface area (Å²) in [5, 5.41) is 9.13.